The molecule has 0 amide bonds. The molecule has 2 heteroatoms. The average molecular weight is 200 g/mol. The van der Waals surface area contributed by atoms with Crippen molar-refractivity contribution in [2.45, 2.75) is 32.9 Å². The summed E-state index contributed by atoms with van der Waals surface area (Å²) in [5.41, 5.74) is 5.51. The van der Waals surface area contributed by atoms with E-state index in [1.54, 1.807) is 0 Å². The van der Waals surface area contributed by atoms with Crippen LogP contribution in [0.15, 0.2) is 18.2 Å². The summed E-state index contributed by atoms with van der Waals surface area (Å²) in [7, 11) is 0. The number of aromatic amines is 1. The van der Waals surface area contributed by atoms with Gasteiger partial charge in [-0.15, -0.1) is 0 Å². The fraction of sp³-hybridized carbons (Fsp3) is 0.385. The van der Waals surface area contributed by atoms with Crippen LogP contribution in [0.5, 0.6) is 0 Å². The van der Waals surface area contributed by atoms with E-state index in [9.17, 15) is 0 Å². The van der Waals surface area contributed by atoms with Crippen LogP contribution in [0.1, 0.15) is 23.7 Å². The van der Waals surface area contributed by atoms with Crippen LogP contribution >= 0.6 is 0 Å². The van der Waals surface area contributed by atoms with Gasteiger partial charge in [0.15, 0.2) is 0 Å². The first kappa shape index (κ1) is 8.98. The lowest BCUT2D eigenvalue weighted by Crippen LogP contribution is -2.32. The third-order valence-electron chi connectivity index (χ3n) is 3.29. The number of hydrogen-bond donors (Lipinski definition) is 2. The van der Waals surface area contributed by atoms with Crippen molar-refractivity contribution in [2.75, 3.05) is 0 Å². The molecule has 3 rings (SSSR count). The summed E-state index contributed by atoms with van der Waals surface area (Å²) in [5, 5.41) is 4.90. The molecule has 0 aliphatic carbocycles. The molecule has 2 N–H and O–H groups in total. The molecule has 2 heterocycles. The normalized spacial score (nSPS) is 20.5. The van der Waals surface area contributed by atoms with Crippen molar-refractivity contribution in [2.24, 2.45) is 0 Å². The fourth-order valence-electron chi connectivity index (χ4n) is 2.46. The summed E-state index contributed by atoms with van der Waals surface area (Å²) in [6.45, 7) is 5.38. The Labute approximate surface area is 89.7 Å². The van der Waals surface area contributed by atoms with Gasteiger partial charge in [0, 0.05) is 29.2 Å². The molecule has 0 saturated carbocycles. The highest BCUT2D eigenvalue weighted by atomic mass is 14.9. The van der Waals surface area contributed by atoms with Crippen LogP contribution in [0.2, 0.25) is 0 Å². The molecule has 1 aliphatic heterocycles. The summed E-state index contributed by atoms with van der Waals surface area (Å²) in [6, 6.07) is 7.24. The summed E-state index contributed by atoms with van der Waals surface area (Å²) in [5.74, 6) is 0. The minimum absolute atomic E-state index is 0.594. The third-order valence-corrected chi connectivity index (χ3v) is 3.29. The molecule has 78 valence electrons. The highest BCUT2D eigenvalue weighted by molar-refractivity contribution is 5.85. The summed E-state index contributed by atoms with van der Waals surface area (Å²) in [4.78, 5) is 3.50. The number of aryl methyl sites for hydroxylation is 1. The van der Waals surface area contributed by atoms with Crippen molar-refractivity contribution in [1.29, 1.82) is 0 Å². The predicted octanol–water partition coefficient (Wildman–Crippen LogP) is 2.51. The second-order valence-electron chi connectivity index (χ2n) is 4.62. The lowest BCUT2D eigenvalue weighted by molar-refractivity contribution is 0.511. The van der Waals surface area contributed by atoms with Crippen molar-refractivity contribution in [1.82, 2.24) is 10.3 Å². The minimum Gasteiger partial charge on any atom is -0.357 e. The molecule has 0 bridgehead atoms. The zero-order chi connectivity index (χ0) is 10.4. The van der Waals surface area contributed by atoms with Crippen molar-refractivity contribution >= 4 is 10.9 Å². The van der Waals surface area contributed by atoms with E-state index in [2.05, 4.69) is 42.3 Å². The maximum absolute atomic E-state index is 3.50. The van der Waals surface area contributed by atoms with Gasteiger partial charge in [-0.3, -0.25) is 0 Å². The molecule has 1 aromatic carbocycles. The number of H-pyrrole nitrogens is 1. The molecule has 1 atom stereocenters. The first-order valence-electron chi connectivity index (χ1n) is 5.57. The van der Waals surface area contributed by atoms with Gasteiger partial charge in [0.25, 0.3) is 0 Å². The van der Waals surface area contributed by atoms with E-state index in [0.29, 0.717) is 6.04 Å². The lowest BCUT2D eigenvalue weighted by Gasteiger charge is -2.20. The zero-order valence-corrected chi connectivity index (χ0v) is 9.22. The smallest absolute Gasteiger partial charge is 0.0459 e. The van der Waals surface area contributed by atoms with E-state index in [1.165, 1.54) is 27.7 Å². The van der Waals surface area contributed by atoms with Crippen LogP contribution in [-0.4, -0.2) is 11.0 Å². The molecule has 2 aromatic rings. The van der Waals surface area contributed by atoms with Gasteiger partial charge in [0.1, 0.15) is 0 Å². The van der Waals surface area contributed by atoms with Crippen molar-refractivity contribution in [3.63, 3.8) is 0 Å². The maximum atomic E-state index is 3.50. The maximum Gasteiger partial charge on any atom is 0.0459 e. The fourth-order valence-corrected chi connectivity index (χ4v) is 2.46. The molecule has 0 radical (unpaired) electrons. The van der Waals surface area contributed by atoms with Crippen LogP contribution in [0.25, 0.3) is 10.9 Å². The number of aromatic nitrogens is 1. The molecular weight excluding hydrogens is 184 g/mol. The number of fused-ring (bicyclic) bond motifs is 3. The molecular formula is C13H16N2. The Balaban J connectivity index is 2.25. The van der Waals surface area contributed by atoms with Crippen molar-refractivity contribution in [3.05, 3.63) is 35.0 Å². The number of hydrogen-bond acceptors (Lipinski definition) is 1. The zero-order valence-electron chi connectivity index (χ0n) is 9.22. The molecule has 0 fully saturated rings. The highest BCUT2D eigenvalue weighted by Crippen LogP contribution is 2.27. The monoisotopic (exact) mass is 200 g/mol. The van der Waals surface area contributed by atoms with Crippen LogP contribution in [0.3, 0.4) is 0 Å². The third kappa shape index (κ3) is 1.37. The van der Waals surface area contributed by atoms with Gasteiger partial charge in [-0.2, -0.15) is 0 Å². The topological polar surface area (TPSA) is 27.8 Å². The Hall–Kier alpha value is -1.28. The summed E-state index contributed by atoms with van der Waals surface area (Å²) >= 11 is 0. The van der Waals surface area contributed by atoms with Crippen LogP contribution in [0, 0.1) is 6.92 Å². The van der Waals surface area contributed by atoms with E-state index < -0.39 is 0 Å². The van der Waals surface area contributed by atoms with Gasteiger partial charge in [-0.05, 0) is 38.0 Å². The van der Waals surface area contributed by atoms with E-state index in [0.717, 1.165) is 13.0 Å². The quantitative estimate of drug-likeness (QED) is 0.672. The first-order chi connectivity index (χ1) is 7.24. The standard InChI is InChI=1S/C13H16N2/c1-8-3-4-12-10(5-8)11-6-9(2)14-7-13(11)15-12/h3-5,9,14-15H,6-7H2,1-2H3. The number of benzene rings is 1. The molecule has 0 spiro atoms. The number of rotatable bonds is 0. The SMILES string of the molecule is Cc1ccc2[nH]c3c(c2c1)CC(C)NC3. The van der Waals surface area contributed by atoms with Crippen LogP contribution in [0.4, 0.5) is 0 Å². The van der Waals surface area contributed by atoms with Crippen molar-refractivity contribution < 1.29 is 0 Å². The van der Waals surface area contributed by atoms with Gasteiger partial charge in [-0.1, -0.05) is 11.6 Å². The Bertz CT molecular complexity index is 510. The second kappa shape index (κ2) is 3.11. The Morgan fingerprint density at radius 1 is 1.33 bits per heavy atom. The predicted molar refractivity (Wildman–Crippen MR) is 63.0 cm³/mol. The van der Waals surface area contributed by atoms with E-state index in [4.69, 9.17) is 0 Å². The van der Waals surface area contributed by atoms with E-state index in [-0.39, 0.29) is 0 Å². The largest absolute Gasteiger partial charge is 0.357 e. The molecule has 1 aromatic heterocycles. The van der Waals surface area contributed by atoms with Gasteiger partial charge in [0.2, 0.25) is 0 Å². The number of nitrogens with one attached hydrogen (secondary N) is 2. The highest BCUT2D eigenvalue weighted by Gasteiger charge is 2.18. The van der Waals surface area contributed by atoms with Crippen LogP contribution in [-0.2, 0) is 13.0 Å². The van der Waals surface area contributed by atoms with Gasteiger partial charge >= 0.3 is 0 Å². The first-order valence-corrected chi connectivity index (χ1v) is 5.57. The van der Waals surface area contributed by atoms with Gasteiger partial charge in [-0.25, -0.2) is 0 Å². The lowest BCUT2D eigenvalue weighted by atomic mass is 9.99. The minimum atomic E-state index is 0.594. The second-order valence-corrected chi connectivity index (χ2v) is 4.62. The average Bonchev–Trinajstić information content (AvgIpc) is 2.56. The van der Waals surface area contributed by atoms with Crippen molar-refractivity contribution in [3.8, 4) is 0 Å². The summed E-state index contributed by atoms with van der Waals surface area (Å²) < 4.78 is 0. The Morgan fingerprint density at radius 2 is 2.20 bits per heavy atom. The van der Waals surface area contributed by atoms with Crippen LogP contribution < -0.4 is 5.32 Å². The molecule has 1 aliphatic rings. The molecule has 2 nitrogen and oxygen atoms in total. The molecule has 1 unspecified atom stereocenters. The van der Waals surface area contributed by atoms with E-state index >= 15 is 0 Å². The van der Waals surface area contributed by atoms with E-state index in [1.807, 2.05) is 0 Å². The summed E-state index contributed by atoms with van der Waals surface area (Å²) in [6.07, 6.45) is 1.14. The molecule has 15 heavy (non-hydrogen) atoms. The molecule has 0 saturated heterocycles. The van der Waals surface area contributed by atoms with Gasteiger partial charge in [0.05, 0.1) is 0 Å². The van der Waals surface area contributed by atoms with Gasteiger partial charge < -0.3 is 10.3 Å². The Kier molecular flexibility index (Phi) is 1.86. The Morgan fingerprint density at radius 3 is 3.07 bits per heavy atom.